The molecule has 0 aliphatic heterocycles. The smallest absolute Gasteiger partial charge is 0.269 e. The quantitative estimate of drug-likeness (QED) is 0.543. The summed E-state index contributed by atoms with van der Waals surface area (Å²) in [4.78, 5) is 21.5. The molecule has 1 atom stereocenters. The van der Waals surface area contributed by atoms with Gasteiger partial charge >= 0.3 is 0 Å². The number of nitrogens with zero attached hydrogens (tertiary/aromatic N) is 1. The number of methoxy groups -OCH3 is 1. The molecule has 1 amide bonds. The number of nitrogens with one attached hydrogen (secondary N) is 1. The Balaban J connectivity index is 2.37. The third kappa shape index (κ3) is 5.02. The van der Waals surface area contributed by atoms with Crippen LogP contribution in [0.25, 0.3) is 0 Å². The van der Waals surface area contributed by atoms with E-state index in [-0.39, 0.29) is 18.2 Å². The highest BCUT2D eigenvalue weighted by Gasteiger charge is 2.12. The van der Waals surface area contributed by atoms with Crippen molar-refractivity contribution in [3.63, 3.8) is 0 Å². The molecule has 1 aromatic rings. The van der Waals surface area contributed by atoms with Crippen molar-refractivity contribution in [2.75, 3.05) is 20.3 Å². The van der Waals surface area contributed by atoms with Crippen LogP contribution in [-0.2, 0) is 16.0 Å². The molecule has 7 heteroatoms. The van der Waals surface area contributed by atoms with Gasteiger partial charge in [0.2, 0.25) is 5.91 Å². The molecular formula is C12H17N3O4. The normalized spacial score (nSPS) is 11.9. The Morgan fingerprint density at radius 3 is 2.63 bits per heavy atom. The summed E-state index contributed by atoms with van der Waals surface area (Å²) in [5.74, 6) is -0.274. The van der Waals surface area contributed by atoms with E-state index in [0.717, 1.165) is 5.56 Å². The van der Waals surface area contributed by atoms with Crippen molar-refractivity contribution in [1.29, 1.82) is 0 Å². The van der Waals surface area contributed by atoms with Crippen molar-refractivity contribution in [2.24, 2.45) is 5.73 Å². The van der Waals surface area contributed by atoms with Gasteiger partial charge in [0, 0.05) is 25.8 Å². The number of nitro benzene ring substituents is 1. The van der Waals surface area contributed by atoms with Gasteiger partial charge in [-0.05, 0) is 12.0 Å². The minimum Gasteiger partial charge on any atom is -0.383 e. The number of hydrogen-bond donors (Lipinski definition) is 2. The lowest BCUT2D eigenvalue weighted by molar-refractivity contribution is -0.384. The summed E-state index contributed by atoms with van der Waals surface area (Å²) in [6.07, 6.45) is 0.587. The standard InChI is InChI=1S/C12H17N3O4/c1-19-8-11(13)12(16)14-7-6-9-2-4-10(5-3-9)15(17)18/h2-5,11H,6-8,13H2,1H3,(H,14,16). The number of rotatable bonds is 7. The third-order valence-corrected chi connectivity index (χ3v) is 2.54. The van der Waals surface area contributed by atoms with E-state index >= 15 is 0 Å². The molecular weight excluding hydrogens is 250 g/mol. The largest absolute Gasteiger partial charge is 0.383 e. The molecule has 0 aromatic heterocycles. The first kappa shape index (κ1) is 15.1. The van der Waals surface area contributed by atoms with Gasteiger partial charge in [-0.1, -0.05) is 12.1 Å². The van der Waals surface area contributed by atoms with Gasteiger partial charge in [-0.15, -0.1) is 0 Å². The molecule has 0 radical (unpaired) electrons. The fourth-order valence-corrected chi connectivity index (χ4v) is 1.50. The first-order valence-electron chi connectivity index (χ1n) is 5.80. The van der Waals surface area contributed by atoms with Crippen LogP contribution >= 0.6 is 0 Å². The van der Waals surface area contributed by atoms with Crippen LogP contribution in [0.5, 0.6) is 0 Å². The second-order valence-electron chi connectivity index (χ2n) is 4.03. The highest BCUT2D eigenvalue weighted by molar-refractivity contribution is 5.81. The minimum absolute atomic E-state index is 0.0508. The SMILES string of the molecule is COCC(N)C(=O)NCCc1ccc([N+](=O)[O-])cc1. The number of non-ortho nitro benzene ring substituents is 1. The molecule has 0 fully saturated rings. The van der Waals surface area contributed by atoms with Gasteiger partial charge < -0.3 is 15.8 Å². The second-order valence-corrected chi connectivity index (χ2v) is 4.03. The predicted molar refractivity (Wildman–Crippen MR) is 69.7 cm³/mol. The predicted octanol–water partition coefficient (Wildman–Crippen LogP) is 0.227. The number of amides is 1. The topological polar surface area (TPSA) is 107 Å². The summed E-state index contributed by atoms with van der Waals surface area (Å²) in [5, 5.41) is 13.2. The van der Waals surface area contributed by atoms with E-state index < -0.39 is 11.0 Å². The molecule has 0 saturated carbocycles. The number of carbonyl (C=O) groups is 1. The van der Waals surface area contributed by atoms with E-state index in [4.69, 9.17) is 10.5 Å². The van der Waals surface area contributed by atoms with E-state index in [1.165, 1.54) is 19.2 Å². The van der Waals surface area contributed by atoms with Gasteiger partial charge in [0.05, 0.1) is 11.5 Å². The first-order chi connectivity index (χ1) is 9.04. The monoisotopic (exact) mass is 267 g/mol. The lowest BCUT2D eigenvalue weighted by Gasteiger charge is -2.11. The summed E-state index contributed by atoms with van der Waals surface area (Å²) < 4.78 is 4.78. The number of benzene rings is 1. The summed E-state index contributed by atoms with van der Waals surface area (Å²) in [6, 6.07) is 5.53. The van der Waals surface area contributed by atoms with Crippen molar-refractivity contribution in [3.8, 4) is 0 Å². The van der Waals surface area contributed by atoms with Crippen LogP contribution in [0.1, 0.15) is 5.56 Å². The van der Waals surface area contributed by atoms with Crippen LogP contribution in [0, 0.1) is 10.1 Å². The molecule has 0 aliphatic carbocycles. The fourth-order valence-electron chi connectivity index (χ4n) is 1.50. The van der Waals surface area contributed by atoms with Crippen LogP contribution in [0.4, 0.5) is 5.69 Å². The zero-order valence-corrected chi connectivity index (χ0v) is 10.7. The molecule has 104 valence electrons. The summed E-state index contributed by atoms with van der Waals surface area (Å²) in [5.41, 5.74) is 6.51. The average molecular weight is 267 g/mol. The van der Waals surface area contributed by atoms with E-state index in [0.29, 0.717) is 13.0 Å². The first-order valence-corrected chi connectivity index (χ1v) is 5.80. The molecule has 0 heterocycles. The van der Waals surface area contributed by atoms with Gasteiger partial charge in [0.15, 0.2) is 0 Å². The molecule has 7 nitrogen and oxygen atoms in total. The molecule has 0 bridgehead atoms. The molecule has 0 saturated heterocycles. The summed E-state index contributed by atoms with van der Waals surface area (Å²) >= 11 is 0. The molecule has 1 rings (SSSR count). The Morgan fingerprint density at radius 2 is 2.11 bits per heavy atom. The number of carbonyl (C=O) groups excluding carboxylic acids is 1. The van der Waals surface area contributed by atoms with Gasteiger partial charge in [-0.2, -0.15) is 0 Å². The van der Waals surface area contributed by atoms with Crippen LogP contribution in [0.15, 0.2) is 24.3 Å². The lowest BCUT2D eigenvalue weighted by Crippen LogP contribution is -2.44. The van der Waals surface area contributed by atoms with Gasteiger partial charge in [-0.25, -0.2) is 0 Å². The number of nitro groups is 1. The van der Waals surface area contributed by atoms with Crippen molar-refractivity contribution in [2.45, 2.75) is 12.5 Å². The lowest BCUT2D eigenvalue weighted by atomic mass is 10.1. The number of nitrogens with two attached hydrogens (primary N) is 1. The van der Waals surface area contributed by atoms with Crippen LogP contribution in [0.2, 0.25) is 0 Å². The number of ether oxygens (including phenoxy) is 1. The zero-order valence-electron chi connectivity index (χ0n) is 10.7. The number of hydrogen-bond acceptors (Lipinski definition) is 5. The zero-order chi connectivity index (χ0) is 14.3. The van der Waals surface area contributed by atoms with Crippen molar-refractivity contribution >= 4 is 11.6 Å². The van der Waals surface area contributed by atoms with E-state index in [1.54, 1.807) is 12.1 Å². The maximum Gasteiger partial charge on any atom is 0.269 e. The average Bonchev–Trinajstić information content (AvgIpc) is 2.39. The van der Waals surface area contributed by atoms with Crippen molar-refractivity contribution < 1.29 is 14.5 Å². The van der Waals surface area contributed by atoms with Gasteiger partial charge in [-0.3, -0.25) is 14.9 Å². The highest BCUT2D eigenvalue weighted by atomic mass is 16.6. The Kier molecular flexibility index (Phi) is 5.91. The summed E-state index contributed by atoms with van der Waals surface area (Å²) in [7, 11) is 1.48. The minimum atomic E-state index is -0.679. The highest BCUT2D eigenvalue weighted by Crippen LogP contribution is 2.11. The van der Waals surface area contributed by atoms with Crippen LogP contribution in [-0.4, -0.2) is 37.1 Å². The molecule has 0 aliphatic rings. The van der Waals surface area contributed by atoms with Crippen LogP contribution < -0.4 is 11.1 Å². The molecule has 0 spiro atoms. The molecule has 1 unspecified atom stereocenters. The molecule has 19 heavy (non-hydrogen) atoms. The Morgan fingerprint density at radius 1 is 1.47 bits per heavy atom. The second kappa shape index (κ2) is 7.45. The maximum absolute atomic E-state index is 11.5. The maximum atomic E-state index is 11.5. The molecule has 3 N–H and O–H groups in total. The Labute approximate surface area is 110 Å². The van der Waals surface area contributed by atoms with Crippen LogP contribution in [0.3, 0.4) is 0 Å². The van der Waals surface area contributed by atoms with Gasteiger partial charge in [0.25, 0.3) is 5.69 Å². The van der Waals surface area contributed by atoms with Crippen molar-refractivity contribution in [1.82, 2.24) is 5.32 Å². The van der Waals surface area contributed by atoms with E-state index in [1.807, 2.05) is 0 Å². The third-order valence-electron chi connectivity index (χ3n) is 2.54. The van der Waals surface area contributed by atoms with E-state index in [2.05, 4.69) is 5.32 Å². The van der Waals surface area contributed by atoms with E-state index in [9.17, 15) is 14.9 Å². The summed E-state index contributed by atoms with van der Waals surface area (Å²) in [6.45, 7) is 0.595. The Bertz CT molecular complexity index is 433. The van der Waals surface area contributed by atoms with Crippen molar-refractivity contribution in [3.05, 3.63) is 39.9 Å². The fraction of sp³-hybridized carbons (Fsp3) is 0.417. The Hall–Kier alpha value is -1.99. The molecule has 1 aromatic carbocycles. The van der Waals surface area contributed by atoms with Gasteiger partial charge in [0.1, 0.15) is 6.04 Å².